The van der Waals surface area contributed by atoms with E-state index in [-0.39, 0.29) is 5.56 Å². The zero-order chi connectivity index (χ0) is 9.14. The third-order valence-electron chi connectivity index (χ3n) is 1.36. The molecule has 0 spiro atoms. The third kappa shape index (κ3) is 1.42. The van der Waals surface area contributed by atoms with Gasteiger partial charge in [0, 0.05) is 7.05 Å². The van der Waals surface area contributed by atoms with Crippen LogP contribution in [0.25, 0.3) is 0 Å². The van der Waals surface area contributed by atoms with Crippen molar-refractivity contribution in [3.8, 4) is 0 Å². The minimum absolute atomic E-state index is 0.343. The Morgan fingerprint density at radius 2 is 2.08 bits per heavy atom. The van der Waals surface area contributed by atoms with Crippen molar-refractivity contribution in [1.82, 2.24) is 5.32 Å². The van der Waals surface area contributed by atoms with Gasteiger partial charge in [-0.1, -0.05) is 6.07 Å². The largest absolute Gasteiger partial charge is 0.350 e. The molecule has 1 N–H and O–H groups in total. The molecule has 1 amide bonds. The normalized spacial score (nSPS) is 9.58. The molecule has 0 aliphatic heterocycles. The molecule has 4 heteroatoms. The van der Waals surface area contributed by atoms with Gasteiger partial charge in [0.05, 0.1) is 5.56 Å². The number of hydrogen-bond donors (Lipinski definition) is 1. The van der Waals surface area contributed by atoms with Crippen molar-refractivity contribution in [3.63, 3.8) is 0 Å². The number of nitrogens with one attached hydrogen (secondary N) is 1. The van der Waals surface area contributed by atoms with Crippen LogP contribution in [0, 0.1) is 18.7 Å². The summed E-state index contributed by atoms with van der Waals surface area (Å²) in [5.41, 5.74) is -0.343. The molecule has 0 bridgehead atoms. The van der Waals surface area contributed by atoms with Crippen LogP contribution in [0.15, 0.2) is 18.2 Å². The topological polar surface area (TPSA) is 29.1 Å². The summed E-state index contributed by atoms with van der Waals surface area (Å²) < 4.78 is 25.3. The summed E-state index contributed by atoms with van der Waals surface area (Å²) in [6.07, 6.45) is 0. The average molecular weight is 170 g/mol. The minimum Gasteiger partial charge on any atom is -0.350 e. The second-order valence-electron chi connectivity index (χ2n) is 2.11. The van der Waals surface area contributed by atoms with Crippen LogP contribution in [0.2, 0.25) is 0 Å². The summed E-state index contributed by atoms with van der Waals surface area (Å²) >= 11 is 0. The average Bonchev–Trinajstić information content (AvgIpc) is 2.08. The van der Waals surface area contributed by atoms with E-state index in [2.05, 4.69) is 7.05 Å². The highest BCUT2D eigenvalue weighted by atomic mass is 19.2. The first-order valence-electron chi connectivity index (χ1n) is 3.18. The molecule has 0 aliphatic carbocycles. The van der Waals surface area contributed by atoms with E-state index in [4.69, 9.17) is 0 Å². The lowest BCUT2D eigenvalue weighted by Gasteiger charge is -2.00. The van der Waals surface area contributed by atoms with E-state index >= 15 is 0 Å². The number of halogens is 2. The highest BCUT2D eigenvalue weighted by molar-refractivity contribution is 5.94. The summed E-state index contributed by atoms with van der Waals surface area (Å²) in [7, 11) is 3.04. The number of rotatable bonds is 1. The second-order valence-corrected chi connectivity index (χ2v) is 2.11. The van der Waals surface area contributed by atoms with Crippen molar-refractivity contribution in [1.29, 1.82) is 0 Å². The number of benzene rings is 1. The molecular weight excluding hydrogens is 164 g/mol. The molecular formula is C8H6F2NO. The summed E-state index contributed by atoms with van der Waals surface area (Å²) in [6, 6.07) is 3.37. The molecule has 1 aromatic rings. The number of carbonyl (C=O) groups excluding carboxylic acids is 1. The maximum absolute atomic E-state index is 12.8. The molecule has 0 aromatic heterocycles. The monoisotopic (exact) mass is 170 g/mol. The highest BCUT2D eigenvalue weighted by Gasteiger charge is 2.12. The second kappa shape index (κ2) is 3.30. The maximum Gasteiger partial charge on any atom is 0.254 e. The SMILES string of the molecule is [CH2]NC(=O)c1cccc(F)c1F. The molecule has 0 heterocycles. The van der Waals surface area contributed by atoms with Gasteiger partial charge >= 0.3 is 0 Å². The lowest BCUT2D eigenvalue weighted by atomic mass is 10.2. The first kappa shape index (κ1) is 8.64. The molecule has 0 fully saturated rings. The van der Waals surface area contributed by atoms with Crippen LogP contribution in [0.5, 0.6) is 0 Å². The summed E-state index contributed by atoms with van der Waals surface area (Å²) in [4.78, 5) is 10.8. The molecule has 0 atom stereocenters. The van der Waals surface area contributed by atoms with Crippen LogP contribution in [0.3, 0.4) is 0 Å². The Bertz CT molecular complexity index is 312. The molecule has 1 rings (SSSR count). The van der Waals surface area contributed by atoms with Gasteiger partial charge in [-0.25, -0.2) is 8.78 Å². The standard InChI is InChI=1S/C8H6F2NO/c1-11-8(12)5-3-2-4-6(9)7(5)10/h2-4H,1H2,(H,11,12). The van der Waals surface area contributed by atoms with E-state index in [0.717, 1.165) is 6.07 Å². The lowest BCUT2D eigenvalue weighted by molar-refractivity contribution is 0.0964. The smallest absolute Gasteiger partial charge is 0.254 e. The first-order chi connectivity index (χ1) is 5.66. The van der Waals surface area contributed by atoms with Gasteiger partial charge < -0.3 is 5.32 Å². The molecule has 12 heavy (non-hydrogen) atoms. The zero-order valence-electron chi connectivity index (χ0n) is 6.10. The van der Waals surface area contributed by atoms with Crippen molar-refractivity contribution in [3.05, 3.63) is 42.4 Å². The summed E-state index contributed by atoms with van der Waals surface area (Å²) in [6.45, 7) is 0. The Balaban J connectivity index is 3.16. The van der Waals surface area contributed by atoms with Crippen LogP contribution < -0.4 is 5.32 Å². The predicted molar refractivity (Wildman–Crippen MR) is 39.2 cm³/mol. The van der Waals surface area contributed by atoms with E-state index in [0.29, 0.717) is 0 Å². The van der Waals surface area contributed by atoms with Gasteiger partial charge in [-0.3, -0.25) is 4.79 Å². The van der Waals surface area contributed by atoms with Gasteiger partial charge in [0.1, 0.15) is 0 Å². The Hall–Kier alpha value is -1.45. The minimum atomic E-state index is -1.15. The molecule has 0 unspecified atom stereocenters. The molecule has 1 aromatic carbocycles. The summed E-state index contributed by atoms with van der Waals surface area (Å²) in [5, 5.41) is 1.95. The Labute approximate surface area is 68.2 Å². The van der Waals surface area contributed by atoms with Crippen molar-refractivity contribution >= 4 is 5.91 Å². The van der Waals surface area contributed by atoms with Gasteiger partial charge in [0.15, 0.2) is 11.6 Å². The van der Waals surface area contributed by atoms with E-state index in [9.17, 15) is 13.6 Å². The highest BCUT2D eigenvalue weighted by Crippen LogP contribution is 2.10. The number of amides is 1. The first-order valence-corrected chi connectivity index (χ1v) is 3.18. The lowest BCUT2D eigenvalue weighted by Crippen LogP contribution is -2.17. The van der Waals surface area contributed by atoms with E-state index < -0.39 is 17.5 Å². The van der Waals surface area contributed by atoms with Crippen molar-refractivity contribution in [2.75, 3.05) is 0 Å². The van der Waals surface area contributed by atoms with Gasteiger partial charge in [0.25, 0.3) is 5.91 Å². The van der Waals surface area contributed by atoms with Crippen LogP contribution in [-0.4, -0.2) is 5.91 Å². The van der Waals surface area contributed by atoms with Crippen LogP contribution >= 0.6 is 0 Å². The van der Waals surface area contributed by atoms with Gasteiger partial charge in [-0.05, 0) is 12.1 Å². The van der Waals surface area contributed by atoms with Crippen LogP contribution in [-0.2, 0) is 0 Å². The van der Waals surface area contributed by atoms with Gasteiger partial charge in [-0.2, -0.15) is 0 Å². The fourth-order valence-electron chi connectivity index (χ4n) is 0.774. The molecule has 0 saturated carbocycles. The van der Waals surface area contributed by atoms with Crippen LogP contribution in [0.4, 0.5) is 8.78 Å². The summed E-state index contributed by atoms with van der Waals surface area (Å²) in [5.74, 6) is -2.94. The third-order valence-corrected chi connectivity index (χ3v) is 1.36. The van der Waals surface area contributed by atoms with E-state index in [1.54, 1.807) is 0 Å². The quantitative estimate of drug-likeness (QED) is 0.679. The number of carbonyl (C=O) groups is 1. The van der Waals surface area contributed by atoms with Gasteiger partial charge in [0.2, 0.25) is 0 Å². The van der Waals surface area contributed by atoms with Crippen molar-refractivity contribution < 1.29 is 13.6 Å². The maximum atomic E-state index is 12.8. The molecule has 0 aliphatic rings. The fourth-order valence-corrected chi connectivity index (χ4v) is 0.774. The van der Waals surface area contributed by atoms with Crippen LogP contribution in [0.1, 0.15) is 10.4 Å². The predicted octanol–water partition coefficient (Wildman–Crippen LogP) is 1.49. The van der Waals surface area contributed by atoms with Gasteiger partial charge in [-0.15, -0.1) is 0 Å². The fraction of sp³-hybridized carbons (Fsp3) is 0. The van der Waals surface area contributed by atoms with E-state index in [1.807, 2.05) is 5.32 Å². The van der Waals surface area contributed by atoms with Crippen molar-refractivity contribution in [2.24, 2.45) is 0 Å². The van der Waals surface area contributed by atoms with Crippen molar-refractivity contribution in [2.45, 2.75) is 0 Å². The molecule has 0 saturated heterocycles. The number of hydrogen-bond acceptors (Lipinski definition) is 1. The molecule has 2 nitrogen and oxygen atoms in total. The zero-order valence-corrected chi connectivity index (χ0v) is 6.10. The van der Waals surface area contributed by atoms with E-state index in [1.165, 1.54) is 12.1 Å². The molecule has 63 valence electrons. The Kier molecular flexibility index (Phi) is 2.38. The Morgan fingerprint density at radius 1 is 1.42 bits per heavy atom. The Morgan fingerprint density at radius 3 is 2.67 bits per heavy atom. The molecule has 1 radical (unpaired) electrons.